The molecule has 3 N–H and O–H groups in total. The fourth-order valence-electron chi connectivity index (χ4n) is 1.93. The van der Waals surface area contributed by atoms with E-state index < -0.39 is 10.0 Å². The van der Waals surface area contributed by atoms with Gasteiger partial charge in [-0.25, -0.2) is 13.1 Å². The molecule has 7 heteroatoms. The molecule has 1 aromatic carbocycles. The Morgan fingerprint density at radius 3 is 2.94 bits per heavy atom. The summed E-state index contributed by atoms with van der Waals surface area (Å²) in [5, 5.41) is 0.339. The molecular formula is C11H15ClN2O3S. The molecule has 100 valence electrons. The van der Waals surface area contributed by atoms with Gasteiger partial charge in [0.25, 0.3) is 0 Å². The van der Waals surface area contributed by atoms with Gasteiger partial charge in [0.2, 0.25) is 10.0 Å². The first-order chi connectivity index (χ1) is 8.45. The van der Waals surface area contributed by atoms with Gasteiger partial charge in [0.1, 0.15) is 10.6 Å². The first-order valence-electron chi connectivity index (χ1n) is 5.67. The van der Waals surface area contributed by atoms with Crippen molar-refractivity contribution in [1.29, 1.82) is 0 Å². The first-order valence-corrected chi connectivity index (χ1v) is 7.53. The van der Waals surface area contributed by atoms with E-state index in [9.17, 15) is 8.42 Å². The number of fused-ring (bicyclic) bond motifs is 1. The second-order valence-electron chi connectivity index (χ2n) is 4.07. The SMILES string of the molecule is CCNS(=O)(=O)c1cc(Cl)cc2c1OCCC2N. The van der Waals surface area contributed by atoms with Crippen LogP contribution in [0.5, 0.6) is 5.75 Å². The zero-order valence-electron chi connectivity index (χ0n) is 9.94. The van der Waals surface area contributed by atoms with Gasteiger partial charge in [-0.1, -0.05) is 18.5 Å². The van der Waals surface area contributed by atoms with Gasteiger partial charge in [-0.05, 0) is 12.1 Å². The lowest BCUT2D eigenvalue weighted by Crippen LogP contribution is -2.27. The van der Waals surface area contributed by atoms with Crippen LogP contribution in [0.2, 0.25) is 5.02 Å². The molecule has 18 heavy (non-hydrogen) atoms. The van der Waals surface area contributed by atoms with Gasteiger partial charge in [0.15, 0.2) is 0 Å². The van der Waals surface area contributed by atoms with Crippen LogP contribution in [0.4, 0.5) is 0 Å². The van der Waals surface area contributed by atoms with E-state index in [-0.39, 0.29) is 10.9 Å². The maximum absolute atomic E-state index is 12.1. The van der Waals surface area contributed by atoms with Gasteiger partial charge in [-0.2, -0.15) is 0 Å². The molecule has 1 aliphatic heterocycles. The van der Waals surface area contributed by atoms with Crippen molar-refractivity contribution in [2.24, 2.45) is 5.73 Å². The smallest absolute Gasteiger partial charge is 0.244 e. The molecule has 0 aliphatic carbocycles. The summed E-state index contributed by atoms with van der Waals surface area (Å²) < 4.78 is 32.0. The van der Waals surface area contributed by atoms with Crippen molar-refractivity contribution >= 4 is 21.6 Å². The summed E-state index contributed by atoms with van der Waals surface area (Å²) in [6.45, 7) is 2.42. The zero-order chi connectivity index (χ0) is 13.3. The predicted molar refractivity (Wildman–Crippen MR) is 69.4 cm³/mol. The third-order valence-electron chi connectivity index (χ3n) is 2.75. The Morgan fingerprint density at radius 2 is 2.28 bits per heavy atom. The summed E-state index contributed by atoms with van der Waals surface area (Å²) in [6.07, 6.45) is 0.647. The molecule has 0 bridgehead atoms. The number of nitrogens with two attached hydrogens (primary N) is 1. The van der Waals surface area contributed by atoms with Gasteiger partial charge in [0.05, 0.1) is 6.61 Å². The molecule has 1 atom stereocenters. The van der Waals surface area contributed by atoms with Crippen LogP contribution in [0.1, 0.15) is 24.9 Å². The fraction of sp³-hybridized carbons (Fsp3) is 0.455. The van der Waals surface area contributed by atoms with Crippen LogP contribution in [-0.4, -0.2) is 21.6 Å². The predicted octanol–water partition coefficient (Wildman–Crippen LogP) is 1.42. The number of nitrogens with one attached hydrogen (secondary N) is 1. The number of hydrogen-bond donors (Lipinski definition) is 2. The van der Waals surface area contributed by atoms with E-state index in [2.05, 4.69) is 4.72 Å². The third kappa shape index (κ3) is 2.47. The van der Waals surface area contributed by atoms with Crippen LogP contribution in [0, 0.1) is 0 Å². The highest BCUT2D eigenvalue weighted by Gasteiger charge is 2.27. The Kier molecular flexibility index (Phi) is 3.82. The van der Waals surface area contributed by atoms with E-state index in [1.54, 1.807) is 13.0 Å². The van der Waals surface area contributed by atoms with Gasteiger partial charge >= 0.3 is 0 Å². The molecule has 2 rings (SSSR count). The zero-order valence-corrected chi connectivity index (χ0v) is 11.5. The van der Waals surface area contributed by atoms with Crippen molar-refractivity contribution in [3.63, 3.8) is 0 Å². The standard InChI is InChI=1S/C11H15ClN2O3S/c1-2-14-18(15,16)10-6-7(12)5-8-9(13)3-4-17-11(8)10/h5-6,9,14H,2-4,13H2,1H3. The van der Waals surface area contributed by atoms with Crippen LogP contribution in [0.25, 0.3) is 0 Å². The second-order valence-corrected chi connectivity index (χ2v) is 6.24. The summed E-state index contributed by atoms with van der Waals surface area (Å²) in [4.78, 5) is 0.0574. The Bertz CT molecular complexity index is 560. The van der Waals surface area contributed by atoms with E-state index in [0.717, 1.165) is 0 Å². The molecule has 0 radical (unpaired) electrons. The minimum absolute atomic E-state index is 0.0574. The van der Waals surface area contributed by atoms with E-state index in [4.69, 9.17) is 22.1 Å². The van der Waals surface area contributed by atoms with Crippen LogP contribution >= 0.6 is 11.6 Å². The van der Waals surface area contributed by atoms with E-state index in [1.165, 1.54) is 6.07 Å². The minimum atomic E-state index is -3.61. The number of halogens is 1. The number of benzene rings is 1. The van der Waals surface area contributed by atoms with Crippen molar-refractivity contribution in [2.45, 2.75) is 24.3 Å². The molecular weight excluding hydrogens is 276 g/mol. The molecule has 0 saturated carbocycles. The summed E-state index contributed by atoms with van der Waals surface area (Å²) in [5.41, 5.74) is 6.59. The number of rotatable bonds is 3. The Balaban J connectivity index is 2.61. The number of hydrogen-bond acceptors (Lipinski definition) is 4. The van der Waals surface area contributed by atoms with Crippen molar-refractivity contribution in [1.82, 2.24) is 4.72 Å². The average molecular weight is 291 g/mol. The molecule has 1 heterocycles. The van der Waals surface area contributed by atoms with Crippen molar-refractivity contribution in [3.8, 4) is 5.75 Å². The lowest BCUT2D eigenvalue weighted by molar-refractivity contribution is 0.261. The molecule has 1 aliphatic rings. The van der Waals surface area contributed by atoms with E-state index >= 15 is 0 Å². The highest BCUT2D eigenvalue weighted by atomic mass is 35.5. The van der Waals surface area contributed by atoms with Gasteiger partial charge in [-0.3, -0.25) is 0 Å². The van der Waals surface area contributed by atoms with Crippen molar-refractivity contribution < 1.29 is 13.2 Å². The Morgan fingerprint density at radius 1 is 1.56 bits per heavy atom. The van der Waals surface area contributed by atoms with Crippen LogP contribution in [0.3, 0.4) is 0 Å². The molecule has 0 saturated heterocycles. The summed E-state index contributed by atoms with van der Waals surface area (Å²) >= 11 is 5.95. The first kappa shape index (κ1) is 13.6. The monoisotopic (exact) mass is 290 g/mol. The highest BCUT2D eigenvalue weighted by Crippen LogP contribution is 2.38. The van der Waals surface area contributed by atoms with Gasteiger partial charge < -0.3 is 10.5 Å². The van der Waals surface area contributed by atoms with Crippen molar-refractivity contribution in [2.75, 3.05) is 13.2 Å². The van der Waals surface area contributed by atoms with E-state index in [1.807, 2.05) is 0 Å². The summed E-state index contributed by atoms with van der Waals surface area (Å²) in [7, 11) is -3.61. The van der Waals surface area contributed by atoms with Crippen LogP contribution in [0.15, 0.2) is 17.0 Å². The number of ether oxygens (including phenoxy) is 1. The molecule has 0 aromatic heterocycles. The van der Waals surface area contributed by atoms with Crippen LogP contribution < -0.4 is 15.2 Å². The maximum Gasteiger partial charge on any atom is 0.244 e. The Labute approximate surface area is 111 Å². The maximum atomic E-state index is 12.1. The molecule has 1 aromatic rings. The van der Waals surface area contributed by atoms with Crippen molar-refractivity contribution in [3.05, 3.63) is 22.7 Å². The van der Waals surface area contributed by atoms with Crippen LogP contribution in [-0.2, 0) is 10.0 Å². The quantitative estimate of drug-likeness (QED) is 0.882. The normalized spacial score (nSPS) is 19.2. The minimum Gasteiger partial charge on any atom is -0.492 e. The molecule has 5 nitrogen and oxygen atoms in total. The molecule has 0 fully saturated rings. The third-order valence-corrected chi connectivity index (χ3v) is 4.52. The lowest BCUT2D eigenvalue weighted by atomic mass is 10.0. The molecule has 1 unspecified atom stereocenters. The second kappa shape index (κ2) is 5.05. The largest absolute Gasteiger partial charge is 0.492 e. The Hall–Kier alpha value is -0.820. The number of sulfonamides is 1. The van der Waals surface area contributed by atoms with Gasteiger partial charge in [-0.15, -0.1) is 0 Å². The van der Waals surface area contributed by atoms with Gasteiger partial charge in [0, 0.05) is 29.6 Å². The fourth-order valence-corrected chi connectivity index (χ4v) is 3.46. The summed E-state index contributed by atoms with van der Waals surface area (Å²) in [5.74, 6) is 0.319. The summed E-state index contributed by atoms with van der Waals surface area (Å²) in [6, 6.07) is 2.80. The highest BCUT2D eigenvalue weighted by molar-refractivity contribution is 7.89. The average Bonchev–Trinajstić information content (AvgIpc) is 2.29. The van der Waals surface area contributed by atoms with E-state index in [0.29, 0.717) is 35.9 Å². The topological polar surface area (TPSA) is 81.4 Å². The molecule has 0 spiro atoms. The molecule has 0 amide bonds. The lowest BCUT2D eigenvalue weighted by Gasteiger charge is -2.25.